The van der Waals surface area contributed by atoms with Crippen molar-refractivity contribution in [1.29, 1.82) is 0 Å². The molecule has 2 N–H and O–H groups in total. The summed E-state index contributed by atoms with van der Waals surface area (Å²) in [6, 6.07) is 5.46. The van der Waals surface area contributed by atoms with E-state index in [0.29, 0.717) is 11.6 Å². The van der Waals surface area contributed by atoms with E-state index in [1.54, 1.807) is 12.1 Å². The van der Waals surface area contributed by atoms with Crippen molar-refractivity contribution in [2.75, 3.05) is 18.5 Å². The third kappa shape index (κ3) is 2.33. The van der Waals surface area contributed by atoms with Gasteiger partial charge in [0.05, 0.1) is 18.2 Å². The van der Waals surface area contributed by atoms with Gasteiger partial charge in [-0.05, 0) is 37.1 Å². The first kappa shape index (κ1) is 11.0. The second kappa shape index (κ2) is 4.53. The van der Waals surface area contributed by atoms with Crippen molar-refractivity contribution < 1.29 is 14.6 Å². The van der Waals surface area contributed by atoms with Gasteiger partial charge in [0.2, 0.25) is 0 Å². The Balaban J connectivity index is 2.12. The number of aromatic carboxylic acids is 1. The van der Waals surface area contributed by atoms with Crippen molar-refractivity contribution in [3.05, 3.63) is 29.3 Å². The van der Waals surface area contributed by atoms with Crippen LogP contribution in [0.4, 0.5) is 5.69 Å². The summed E-state index contributed by atoms with van der Waals surface area (Å²) in [7, 11) is 0. The minimum absolute atomic E-state index is 0.325. The third-order valence-electron chi connectivity index (χ3n) is 2.76. The maximum Gasteiger partial charge on any atom is 0.335 e. The number of anilines is 1. The van der Waals surface area contributed by atoms with Crippen LogP contribution in [-0.2, 0) is 4.74 Å². The molecule has 0 spiro atoms. The third-order valence-corrected chi connectivity index (χ3v) is 2.76. The van der Waals surface area contributed by atoms with Crippen LogP contribution in [0.25, 0.3) is 0 Å². The minimum atomic E-state index is -0.890. The highest BCUT2D eigenvalue weighted by molar-refractivity contribution is 5.88. The Morgan fingerprint density at radius 3 is 2.94 bits per heavy atom. The lowest BCUT2D eigenvalue weighted by atomic mass is 10.1. The predicted octanol–water partition coefficient (Wildman–Crippen LogP) is 1.89. The normalized spacial score (nSPS) is 19.7. The topological polar surface area (TPSA) is 58.6 Å². The molecule has 0 aromatic heterocycles. The van der Waals surface area contributed by atoms with Gasteiger partial charge in [-0.25, -0.2) is 4.79 Å². The van der Waals surface area contributed by atoms with E-state index in [1.807, 2.05) is 13.0 Å². The first-order chi connectivity index (χ1) is 7.66. The summed E-state index contributed by atoms with van der Waals surface area (Å²) in [4.78, 5) is 10.8. The lowest BCUT2D eigenvalue weighted by Gasteiger charge is -2.14. The number of ether oxygens (including phenoxy) is 1. The molecular weight excluding hydrogens is 206 g/mol. The monoisotopic (exact) mass is 221 g/mol. The summed E-state index contributed by atoms with van der Waals surface area (Å²) >= 11 is 0. The van der Waals surface area contributed by atoms with E-state index >= 15 is 0 Å². The van der Waals surface area contributed by atoms with Gasteiger partial charge in [0.1, 0.15) is 0 Å². The SMILES string of the molecule is Cc1cc(C(=O)O)ccc1NC1CCOC1. The van der Waals surface area contributed by atoms with Gasteiger partial charge < -0.3 is 15.2 Å². The fourth-order valence-corrected chi connectivity index (χ4v) is 1.83. The molecule has 0 bridgehead atoms. The van der Waals surface area contributed by atoms with Gasteiger partial charge in [0, 0.05) is 12.3 Å². The van der Waals surface area contributed by atoms with Crippen molar-refractivity contribution in [2.45, 2.75) is 19.4 Å². The zero-order valence-corrected chi connectivity index (χ0v) is 9.19. The van der Waals surface area contributed by atoms with E-state index in [1.165, 1.54) is 0 Å². The number of rotatable bonds is 3. The van der Waals surface area contributed by atoms with Gasteiger partial charge in [-0.2, -0.15) is 0 Å². The molecule has 1 fully saturated rings. The molecule has 1 aromatic carbocycles. The summed E-state index contributed by atoms with van der Waals surface area (Å²) in [6.45, 7) is 3.43. The van der Waals surface area contributed by atoms with Crippen LogP contribution in [0.5, 0.6) is 0 Å². The summed E-state index contributed by atoms with van der Waals surface area (Å²) in [5.41, 5.74) is 2.26. The molecule has 1 heterocycles. The van der Waals surface area contributed by atoms with Crippen LogP contribution in [0.1, 0.15) is 22.3 Å². The van der Waals surface area contributed by atoms with Crippen molar-refractivity contribution in [1.82, 2.24) is 0 Å². The zero-order valence-electron chi connectivity index (χ0n) is 9.19. The lowest BCUT2D eigenvalue weighted by Crippen LogP contribution is -2.19. The van der Waals surface area contributed by atoms with Crippen molar-refractivity contribution in [2.24, 2.45) is 0 Å². The first-order valence-corrected chi connectivity index (χ1v) is 5.35. The molecule has 0 amide bonds. The standard InChI is InChI=1S/C12H15NO3/c1-8-6-9(12(14)15)2-3-11(8)13-10-4-5-16-7-10/h2-3,6,10,13H,4-5,7H2,1H3,(H,14,15). The van der Waals surface area contributed by atoms with Crippen LogP contribution in [0.2, 0.25) is 0 Å². The summed E-state index contributed by atoms with van der Waals surface area (Å²) in [5.74, 6) is -0.890. The Bertz CT molecular complexity index is 397. The van der Waals surface area contributed by atoms with Gasteiger partial charge in [-0.3, -0.25) is 0 Å². The Kier molecular flexibility index (Phi) is 3.10. The number of carboxylic acids is 1. The molecule has 4 nitrogen and oxygen atoms in total. The molecule has 16 heavy (non-hydrogen) atoms. The molecule has 1 unspecified atom stereocenters. The fraction of sp³-hybridized carbons (Fsp3) is 0.417. The Morgan fingerprint density at radius 1 is 1.56 bits per heavy atom. The van der Waals surface area contributed by atoms with Crippen LogP contribution in [0.3, 0.4) is 0 Å². The summed E-state index contributed by atoms with van der Waals surface area (Å²) in [6.07, 6.45) is 1.00. The van der Waals surface area contributed by atoms with Crippen molar-refractivity contribution in [3.63, 3.8) is 0 Å². The van der Waals surface area contributed by atoms with Gasteiger partial charge >= 0.3 is 5.97 Å². The van der Waals surface area contributed by atoms with Crippen LogP contribution >= 0.6 is 0 Å². The molecule has 86 valence electrons. The number of hydrogen-bond acceptors (Lipinski definition) is 3. The molecule has 1 aliphatic rings. The van der Waals surface area contributed by atoms with Crippen molar-refractivity contribution >= 4 is 11.7 Å². The van der Waals surface area contributed by atoms with Crippen LogP contribution in [0, 0.1) is 6.92 Å². The summed E-state index contributed by atoms with van der Waals surface area (Å²) < 4.78 is 5.27. The van der Waals surface area contributed by atoms with E-state index in [-0.39, 0.29) is 0 Å². The van der Waals surface area contributed by atoms with Crippen LogP contribution < -0.4 is 5.32 Å². The quantitative estimate of drug-likeness (QED) is 0.818. The average molecular weight is 221 g/mol. The van der Waals surface area contributed by atoms with E-state index in [9.17, 15) is 4.79 Å². The Morgan fingerprint density at radius 2 is 2.38 bits per heavy atom. The number of hydrogen-bond donors (Lipinski definition) is 2. The van der Waals surface area contributed by atoms with Gasteiger partial charge in [0.15, 0.2) is 0 Å². The zero-order chi connectivity index (χ0) is 11.5. The highest BCUT2D eigenvalue weighted by Crippen LogP contribution is 2.19. The van der Waals surface area contributed by atoms with E-state index in [2.05, 4.69) is 5.32 Å². The second-order valence-corrected chi connectivity index (χ2v) is 4.04. The lowest BCUT2D eigenvalue weighted by molar-refractivity contribution is 0.0697. The van der Waals surface area contributed by atoms with Gasteiger partial charge in [-0.15, -0.1) is 0 Å². The average Bonchev–Trinajstić information content (AvgIpc) is 2.73. The maximum atomic E-state index is 10.8. The number of nitrogens with one attached hydrogen (secondary N) is 1. The van der Waals surface area contributed by atoms with Crippen LogP contribution in [0.15, 0.2) is 18.2 Å². The Hall–Kier alpha value is -1.55. The Labute approximate surface area is 94.2 Å². The molecule has 1 saturated heterocycles. The molecule has 0 saturated carbocycles. The minimum Gasteiger partial charge on any atom is -0.478 e. The highest BCUT2D eigenvalue weighted by atomic mass is 16.5. The fourth-order valence-electron chi connectivity index (χ4n) is 1.83. The largest absolute Gasteiger partial charge is 0.478 e. The smallest absolute Gasteiger partial charge is 0.335 e. The molecule has 4 heteroatoms. The molecule has 1 atom stereocenters. The van der Waals surface area contributed by atoms with Crippen LogP contribution in [-0.4, -0.2) is 30.3 Å². The van der Waals surface area contributed by atoms with Gasteiger partial charge in [-0.1, -0.05) is 0 Å². The van der Waals surface area contributed by atoms with Crippen molar-refractivity contribution in [3.8, 4) is 0 Å². The highest BCUT2D eigenvalue weighted by Gasteiger charge is 2.16. The number of aryl methyl sites for hydroxylation is 1. The van der Waals surface area contributed by atoms with E-state index in [0.717, 1.165) is 30.9 Å². The number of carboxylic acid groups (broad SMARTS) is 1. The molecular formula is C12H15NO3. The van der Waals surface area contributed by atoms with E-state index < -0.39 is 5.97 Å². The maximum absolute atomic E-state index is 10.8. The molecule has 0 aliphatic carbocycles. The molecule has 1 aliphatic heterocycles. The van der Waals surface area contributed by atoms with Gasteiger partial charge in [0.25, 0.3) is 0 Å². The summed E-state index contributed by atoms with van der Waals surface area (Å²) in [5, 5.41) is 12.2. The number of carbonyl (C=O) groups is 1. The second-order valence-electron chi connectivity index (χ2n) is 4.04. The molecule has 0 radical (unpaired) electrons. The molecule has 1 aromatic rings. The molecule has 2 rings (SSSR count). The number of benzene rings is 1. The first-order valence-electron chi connectivity index (χ1n) is 5.35. The predicted molar refractivity (Wildman–Crippen MR) is 61.0 cm³/mol. The van der Waals surface area contributed by atoms with E-state index in [4.69, 9.17) is 9.84 Å².